The van der Waals surface area contributed by atoms with Crippen LogP contribution in [0, 0.1) is 0 Å². The summed E-state index contributed by atoms with van der Waals surface area (Å²) >= 11 is 0. The van der Waals surface area contributed by atoms with Gasteiger partial charge < -0.3 is 10.7 Å². The Kier molecular flexibility index (Phi) is 1.39. The molecule has 0 fully saturated rings. The number of anilines is 1. The number of imidazole rings is 1. The van der Waals surface area contributed by atoms with E-state index in [-0.39, 0.29) is 11.2 Å². The van der Waals surface area contributed by atoms with E-state index >= 15 is 0 Å². The SMILES string of the molecule is Nc1cnc2[nH]c3ccccc3n2c1=O. The summed E-state index contributed by atoms with van der Waals surface area (Å²) in [4.78, 5) is 18.9. The highest BCUT2D eigenvalue weighted by molar-refractivity contribution is 5.79. The quantitative estimate of drug-likeness (QED) is 0.562. The molecule has 0 saturated heterocycles. The molecule has 2 heterocycles. The van der Waals surface area contributed by atoms with Crippen molar-refractivity contribution in [3.8, 4) is 0 Å². The maximum atomic E-state index is 11.8. The monoisotopic (exact) mass is 200 g/mol. The molecule has 0 aliphatic carbocycles. The minimum atomic E-state index is -0.238. The molecule has 74 valence electrons. The average Bonchev–Trinajstić information content (AvgIpc) is 2.62. The minimum absolute atomic E-state index is 0.150. The first kappa shape index (κ1) is 8.05. The van der Waals surface area contributed by atoms with Gasteiger partial charge in [0.05, 0.1) is 17.2 Å². The van der Waals surface area contributed by atoms with Crippen LogP contribution in [0.1, 0.15) is 0 Å². The lowest BCUT2D eigenvalue weighted by molar-refractivity contribution is 1.09. The van der Waals surface area contributed by atoms with Crippen molar-refractivity contribution in [1.29, 1.82) is 0 Å². The fraction of sp³-hybridized carbons (Fsp3) is 0. The predicted octanol–water partition coefficient (Wildman–Crippen LogP) is 0.758. The van der Waals surface area contributed by atoms with Crippen LogP contribution in [0.2, 0.25) is 0 Å². The van der Waals surface area contributed by atoms with Gasteiger partial charge in [0.15, 0.2) is 0 Å². The van der Waals surface area contributed by atoms with E-state index in [1.165, 1.54) is 10.6 Å². The smallest absolute Gasteiger partial charge is 0.282 e. The van der Waals surface area contributed by atoms with E-state index in [2.05, 4.69) is 9.97 Å². The van der Waals surface area contributed by atoms with Crippen LogP contribution < -0.4 is 11.3 Å². The van der Waals surface area contributed by atoms with E-state index in [9.17, 15) is 4.79 Å². The summed E-state index contributed by atoms with van der Waals surface area (Å²) in [5.41, 5.74) is 7.10. The topological polar surface area (TPSA) is 76.2 Å². The first-order valence-electron chi connectivity index (χ1n) is 4.51. The van der Waals surface area contributed by atoms with Gasteiger partial charge in [-0.1, -0.05) is 12.1 Å². The lowest BCUT2D eigenvalue weighted by Gasteiger charge is -1.94. The molecule has 3 N–H and O–H groups in total. The maximum Gasteiger partial charge on any atom is 0.282 e. The number of hydrogen-bond acceptors (Lipinski definition) is 3. The number of nitrogens with zero attached hydrogens (tertiary/aromatic N) is 2. The summed E-state index contributed by atoms with van der Waals surface area (Å²) in [7, 11) is 0. The third kappa shape index (κ3) is 0.969. The normalized spacial score (nSPS) is 11.2. The number of H-pyrrole nitrogens is 1. The highest BCUT2D eigenvalue weighted by Gasteiger charge is 2.07. The van der Waals surface area contributed by atoms with E-state index in [1.807, 2.05) is 24.3 Å². The van der Waals surface area contributed by atoms with Crippen LogP contribution in [0.3, 0.4) is 0 Å². The summed E-state index contributed by atoms with van der Waals surface area (Å²) in [6.07, 6.45) is 1.37. The van der Waals surface area contributed by atoms with Crippen LogP contribution in [0.25, 0.3) is 16.8 Å². The van der Waals surface area contributed by atoms with Crippen molar-refractivity contribution in [2.45, 2.75) is 0 Å². The fourth-order valence-electron chi connectivity index (χ4n) is 1.68. The van der Waals surface area contributed by atoms with Gasteiger partial charge in [-0.05, 0) is 12.1 Å². The van der Waals surface area contributed by atoms with Gasteiger partial charge in [-0.3, -0.25) is 4.79 Å². The van der Waals surface area contributed by atoms with Gasteiger partial charge in [0.2, 0.25) is 5.78 Å². The van der Waals surface area contributed by atoms with E-state index in [1.54, 1.807) is 0 Å². The molecule has 5 nitrogen and oxygen atoms in total. The second-order valence-electron chi connectivity index (χ2n) is 3.32. The van der Waals surface area contributed by atoms with E-state index in [0.717, 1.165) is 11.0 Å². The summed E-state index contributed by atoms with van der Waals surface area (Å²) in [6, 6.07) is 7.50. The van der Waals surface area contributed by atoms with Gasteiger partial charge in [-0.15, -0.1) is 0 Å². The summed E-state index contributed by atoms with van der Waals surface area (Å²) in [6.45, 7) is 0. The van der Waals surface area contributed by atoms with E-state index in [4.69, 9.17) is 5.73 Å². The molecule has 3 aromatic rings. The van der Waals surface area contributed by atoms with Crippen LogP contribution in [-0.2, 0) is 0 Å². The maximum absolute atomic E-state index is 11.8. The zero-order valence-electron chi connectivity index (χ0n) is 7.77. The van der Waals surface area contributed by atoms with Crippen molar-refractivity contribution < 1.29 is 0 Å². The van der Waals surface area contributed by atoms with Crippen molar-refractivity contribution >= 4 is 22.5 Å². The molecular weight excluding hydrogens is 192 g/mol. The van der Waals surface area contributed by atoms with Crippen LogP contribution in [0.4, 0.5) is 5.69 Å². The van der Waals surface area contributed by atoms with Crippen molar-refractivity contribution in [3.63, 3.8) is 0 Å². The Morgan fingerprint density at radius 2 is 2.13 bits per heavy atom. The zero-order valence-corrected chi connectivity index (χ0v) is 7.77. The Hall–Kier alpha value is -2.30. The number of rotatable bonds is 0. The zero-order chi connectivity index (χ0) is 10.4. The fourth-order valence-corrected chi connectivity index (χ4v) is 1.68. The molecule has 0 bridgehead atoms. The molecule has 3 rings (SSSR count). The van der Waals surface area contributed by atoms with E-state index < -0.39 is 0 Å². The molecular formula is C10H8N4O. The number of nitrogen functional groups attached to an aromatic ring is 1. The Labute approximate surface area is 84.2 Å². The van der Waals surface area contributed by atoms with Gasteiger partial charge in [-0.2, -0.15) is 0 Å². The standard InChI is InChI=1S/C10H8N4O/c11-6-5-12-10-13-7-3-1-2-4-8(7)14(10)9(6)15/h1-5H,11H2,(H,12,13). The number of nitrogens with two attached hydrogens (primary N) is 1. The van der Waals surface area contributed by atoms with Crippen molar-refractivity contribution in [1.82, 2.24) is 14.4 Å². The number of hydrogen-bond donors (Lipinski definition) is 2. The second-order valence-corrected chi connectivity index (χ2v) is 3.32. The lowest BCUT2D eigenvalue weighted by Crippen LogP contribution is -2.17. The van der Waals surface area contributed by atoms with Gasteiger partial charge >= 0.3 is 0 Å². The second kappa shape index (κ2) is 2.60. The largest absolute Gasteiger partial charge is 0.393 e. The molecule has 0 amide bonds. The molecule has 0 unspecified atom stereocenters. The number of benzene rings is 1. The third-order valence-corrected chi connectivity index (χ3v) is 2.38. The Bertz CT molecular complexity index is 710. The molecule has 0 saturated carbocycles. The molecule has 0 radical (unpaired) electrons. The third-order valence-electron chi connectivity index (χ3n) is 2.38. The Morgan fingerprint density at radius 1 is 1.33 bits per heavy atom. The molecule has 15 heavy (non-hydrogen) atoms. The first-order chi connectivity index (χ1) is 7.27. The number of aromatic amines is 1. The molecule has 0 aliphatic rings. The minimum Gasteiger partial charge on any atom is -0.393 e. The average molecular weight is 200 g/mol. The highest BCUT2D eigenvalue weighted by atomic mass is 16.1. The van der Waals surface area contributed by atoms with Gasteiger partial charge in [0.1, 0.15) is 5.69 Å². The van der Waals surface area contributed by atoms with Gasteiger partial charge in [0.25, 0.3) is 5.56 Å². The molecule has 0 aliphatic heterocycles. The number of aromatic nitrogens is 3. The van der Waals surface area contributed by atoms with Gasteiger partial charge in [-0.25, -0.2) is 9.38 Å². The van der Waals surface area contributed by atoms with Gasteiger partial charge in [0, 0.05) is 0 Å². The Balaban J connectivity index is 2.69. The molecule has 5 heteroatoms. The number of nitrogens with one attached hydrogen (secondary N) is 1. The predicted molar refractivity (Wildman–Crippen MR) is 57.7 cm³/mol. The van der Waals surface area contributed by atoms with Crippen molar-refractivity contribution in [2.75, 3.05) is 5.73 Å². The van der Waals surface area contributed by atoms with Crippen molar-refractivity contribution in [2.24, 2.45) is 0 Å². The summed E-state index contributed by atoms with van der Waals surface area (Å²) < 4.78 is 1.48. The van der Waals surface area contributed by atoms with Crippen LogP contribution in [0.15, 0.2) is 35.3 Å². The lowest BCUT2D eigenvalue weighted by atomic mass is 10.3. The molecule has 1 aromatic carbocycles. The van der Waals surface area contributed by atoms with E-state index in [0.29, 0.717) is 5.78 Å². The first-order valence-corrected chi connectivity index (χ1v) is 4.51. The van der Waals surface area contributed by atoms with Crippen molar-refractivity contribution in [3.05, 3.63) is 40.8 Å². The number of fused-ring (bicyclic) bond motifs is 3. The van der Waals surface area contributed by atoms with Crippen LogP contribution >= 0.6 is 0 Å². The molecule has 0 spiro atoms. The Morgan fingerprint density at radius 3 is 3.00 bits per heavy atom. The molecule has 2 aromatic heterocycles. The summed E-state index contributed by atoms with van der Waals surface area (Å²) in [5.74, 6) is 0.510. The summed E-state index contributed by atoms with van der Waals surface area (Å²) in [5, 5.41) is 0. The molecule has 0 atom stereocenters. The number of para-hydroxylation sites is 2. The van der Waals surface area contributed by atoms with Crippen LogP contribution in [0.5, 0.6) is 0 Å². The highest BCUT2D eigenvalue weighted by Crippen LogP contribution is 2.12. The van der Waals surface area contributed by atoms with Crippen LogP contribution in [-0.4, -0.2) is 14.4 Å².